The van der Waals surface area contributed by atoms with Gasteiger partial charge in [0.25, 0.3) is 0 Å². The van der Waals surface area contributed by atoms with E-state index < -0.39 is 0 Å². The van der Waals surface area contributed by atoms with E-state index in [9.17, 15) is 4.79 Å². The van der Waals surface area contributed by atoms with E-state index in [4.69, 9.17) is 0 Å². The van der Waals surface area contributed by atoms with Crippen molar-refractivity contribution >= 4 is 18.0 Å². The zero-order valence-corrected chi connectivity index (χ0v) is 11.3. The van der Waals surface area contributed by atoms with Crippen molar-refractivity contribution in [2.24, 2.45) is 0 Å². The molecule has 0 saturated heterocycles. The molecule has 0 fully saturated rings. The van der Waals surface area contributed by atoms with Gasteiger partial charge in [-0.25, -0.2) is 4.98 Å². The van der Waals surface area contributed by atoms with Crippen LogP contribution in [0.5, 0.6) is 0 Å². The van der Waals surface area contributed by atoms with Gasteiger partial charge in [-0.2, -0.15) is 0 Å². The fourth-order valence-corrected chi connectivity index (χ4v) is 2.40. The second-order valence-electron chi connectivity index (χ2n) is 4.30. The first-order chi connectivity index (χ1) is 8.69. The van der Waals surface area contributed by atoms with E-state index in [-0.39, 0.29) is 0 Å². The van der Waals surface area contributed by atoms with Crippen LogP contribution in [0.2, 0.25) is 0 Å². The topological polar surface area (TPSA) is 30.0 Å². The van der Waals surface area contributed by atoms with Crippen molar-refractivity contribution in [1.82, 2.24) is 4.98 Å². The summed E-state index contributed by atoms with van der Waals surface area (Å²) in [5.74, 6) is 0. The Morgan fingerprint density at radius 3 is 2.61 bits per heavy atom. The zero-order valence-electron chi connectivity index (χ0n) is 10.5. The number of pyridine rings is 1. The van der Waals surface area contributed by atoms with Gasteiger partial charge in [-0.05, 0) is 17.7 Å². The third-order valence-electron chi connectivity index (χ3n) is 2.45. The van der Waals surface area contributed by atoms with Crippen molar-refractivity contribution in [3.8, 4) is 11.1 Å². The average Bonchev–Trinajstić information content (AvgIpc) is 2.39. The largest absolute Gasteiger partial charge is 0.298 e. The van der Waals surface area contributed by atoms with E-state index in [0.29, 0.717) is 10.8 Å². The van der Waals surface area contributed by atoms with E-state index in [1.165, 1.54) is 0 Å². The minimum atomic E-state index is 0.529. The summed E-state index contributed by atoms with van der Waals surface area (Å²) >= 11 is 1.74. The molecular formula is C15H15NOS. The number of rotatable bonds is 4. The van der Waals surface area contributed by atoms with Gasteiger partial charge >= 0.3 is 0 Å². The predicted octanol–water partition coefficient (Wildman–Crippen LogP) is 4.06. The van der Waals surface area contributed by atoms with Crippen molar-refractivity contribution in [3.05, 3.63) is 48.2 Å². The number of carbonyl (C=O) groups is 1. The first-order valence-electron chi connectivity index (χ1n) is 5.87. The van der Waals surface area contributed by atoms with Crippen LogP contribution in [0.15, 0.2) is 47.6 Å². The monoisotopic (exact) mass is 257 g/mol. The second-order valence-corrected chi connectivity index (χ2v) is 5.89. The van der Waals surface area contributed by atoms with Gasteiger partial charge in [0, 0.05) is 22.6 Å². The number of nitrogens with zero attached hydrogens (tertiary/aromatic N) is 1. The summed E-state index contributed by atoms with van der Waals surface area (Å²) in [6, 6.07) is 11.6. The smallest absolute Gasteiger partial charge is 0.150 e. The molecule has 1 aromatic heterocycles. The molecule has 2 rings (SSSR count). The molecule has 3 heteroatoms. The molecule has 0 unspecified atom stereocenters. The number of hydrogen-bond acceptors (Lipinski definition) is 3. The van der Waals surface area contributed by atoms with E-state index >= 15 is 0 Å². The Morgan fingerprint density at radius 2 is 2.00 bits per heavy atom. The Morgan fingerprint density at radius 1 is 1.17 bits per heavy atom. The van der Waals surface area contributed by atoms with Gasteiger partial charge in [0.05, 0.1) is 5.03 Å². The highest BCUT2D eigenvalue weighted by atomic mass is 32.2. The van der Waals surface area contributed by atoms with Crippen LogP contribution < -0.4 is 0 Å². The summed E-state index contributed by atoms with van der Waals surface area (Å²) in [6.45, 7) is 4.29. The van der Waals surface area contributed by atoms with E-state index in [1.807, 2.05) is 36.5 Å². The molecule has 0 saturated carbocycles. The summed E-state index contributed by atoms with van der Waals surface area (Å²) < 4.78 is 0. The number of thioether (sulfide) groups is 1. The lowest BCUT2D eigenvalue weighted by Gasteiger charge is -2.06. The summed E-state index contributed by atoms with van der Waals surface area (Å²) in [5.41, 5.74) is 2.74. The first kappa shape index (κ1) is 12.8. The maximum Gasteiger partial charge on any atom is 0.150 e. The SMILES string of the molecule is CC(C)Sc1ccc(-c2cccc(C=O)c2)cn1. The Balaban J connectivity index is 2.25. The Kier molecular flexibility index (Phi) is 4.15. The van der Waals surface area contributed by atoms with Gasteiger partial charge in [0.2, 0.25) is 0 Å². The normalized spacial score (nSPS) is 10.6. The molecule has 0 aliphatic heterocycles. The summed E-state index contributed by atoms with van der Waals surface area (Å²) in [5, 5.41) is 1.56. The molecule has 0 N–H and O–H groups in total. The Bertz CT molecular complexity index is 534. The van der Waals surface area contributed by atoms with E-state index in [1.54, 1.807) is 17.8 Å². The maximum atomic E-state index is 10.7. The van der Waals surface area contributed by atoms with Crippen LogP contribution in [0.1, 0.15) is 24.2 Å². The first-order valence-corrected chi connectivity index (χ1v) is 6.75. The van der Waals surface area contributed by atoms with Crippen LogP contribution in [0, 0.1) is 0 Å². The molecule has 1 aromatic carbocycles. The molecule has 0 atom stereocenters. The van der Waals surface area contributed by atoms with E-state index in [2.05, 4.69) is 18.8 Å². The molecule has 0 amide bonds. The quantitative estimate of drug-likeness (QED) is 0.611. The molecule has 0 bridgehead atoms. The number of benzene rings is 1. The number of aldehydes is 1. The van der Waals surface area contributed by atoms with Crippen molar-refractivity contribution in [2.75, 3.05) is 0 Å². The number of aromatic nitrogens is 1. The fourth-order valence-electron chi connectivity index (χ4n) is 1.65. The third kappa shape index (κ3) is 3.20. The number of hydrogen-bond donors (Lipinski definition) is 0. The Hall–Kier alpha value is -1.61. The Labute approximate surface area is 111 Å². The van der Waals surface area contributed by atoms with Gasteiger partial charge < -0.3 is 0 Å². The molecule has 0 aliphatic carbocycles. The van der Waals surface area contributed by atoms with Crippen molar-refractivity contribution < 1.29 is 4.79 Å². The van der Waals surface area contributed by atoms with Gasteiger partial charge in [0.15, 0.2) is 0 Å². The molecule has 0 aliphatic rings. The molecule has 0 radical (unpaired) electrons. The maximum absolute atomic E-state index is 10.7. The van der Waals surface area contributed by atoms with Gasteiger partial charge in [-0.1, -0.05) is 38.1 Å². The minimum absolute atomic E-state index is 0.529. The average molecular weight is 257 g/mol. The van der Waals surface area contributed by atoms with Crippen molar-refractivity contribution in [3.63, 3.8) is 0 Å². The number of carbonyl (C=O) groups excluding carboxylic acids is 1. The molecule has 92 valence electrons. The van der Waals surface area contributed by atoms with Crippen molar-refractivity contribution in [2.45, 2.75) is 24.1 Å². The minimum Gasteiger partial charge on any atom is -0.298 e. The fraction of sp³-hybridized carbons (Fsp3) is 0.200. The summed E-state index contributed by atoms with van der Waals surface area (Å²) in [6.07, 6.45) is 2.72. The lowest BCUT2D eigenvalue weighted by Crippen LogP contribution is -1.89. The highest BCUT2D eigenvalue weighted by Crippen LogP contribution is 2.24. The zero-order chi connectivity index (χ0) is 13.0. The van der Waals surface area contributed by atoms with Gasteiger partial charge in [-0.3, -0.25) is 4.79 Å². The highest BCUT2D eigenvalue weighted by molar-refractivity contribution is 7.99. The standard InChI is InChI=1S/C15H15NOS/c1-11(2)18-15-7-6-14(9-16-15)13-5-3-4-12(8-13)10-17/h3-11H,1-2H3. The summed E-state index contributed by atoms with van der Waals surface area (Å²) in [7, 11) is 0. The van der Waals surface area contributed by atoms with Gasteiger partial charge in [-0.15, -0.1) is 11.8 Å². The van der Waals surface area contributed by atoms with Crippen molar-refractivity contribution in [1.29, 1.82) is 0 Å². The second kappa shape index (κ2) is 5.83. The van der Waals surface area contributed by atoms with Crippen LogP contribution in [0.25, 0.3) is 11.1 Å². The molecular weight excluding hydrogens is 242 g/mol. The van der Waals surface area contributed by atoms with Crippen LogP contribution in [-0.2, 0) is 0 Å². The molecule has 2 nitrogen and oxygen atoms in total. The molecule has 18 heavy (non-hydrogen) atoms. The van der Waals surface area contributed by atoms with Crippen LogP contribution >= 0.6 is 11.8 Å². The lowest BCUT2D eigenvalue weighted by atomic mass is 10.1. The lowest BCUT2D eigenvalue weighted by molar-refractivity contribution is 0.112. The molecule has 1 heterocycles. The van der Waals surface area contributed by atoms with Crippen LogP contribution in [0.3, 0.4) is 0 Å². The van der Waals surface area contributed by atoms with Crippen LogP contribution in [0.4, 0.5) is 0 Å². The summed E-state index contributed by atoms with van der Waals surface area (Å²) in [4.78, 5) is 15.2. The third-order valence-corrected chi connectivity index (χ3v) is 3.40. The van der Waals surface area contributed by atoms with Crippen LogP contribution in [-0.4, -0.2) is 16.5 Å². The molecule has 2 aromatic rings. The highest BCUT2D eigenvalue weighted by Gasteiger charge is 2.02. The van der Waals surface area contributed by atoms with Gasteiger partial charge in [0.1, 0.15) is 6.29 Å². The molecule has 0 spiro atoms. The van der Waals surface area contributed by atoms with E-state index in [0.717, 1.165) is 22.4 Å². The predicted molar refractivity (Wildman–Crippen MR) is 76.1 cm³/mol.